The fourth-order valence-electron chi connectivity index (χ4n) is 1.34. The van der Waals surface area contributed by atoms with Crippen LogP contribution in [0.4, 0.5) is 5.82 Å². The van der Waals surface area contributed by atoms with Crippen LogP contribution in [-0.4, -0.2) is 26.0 Å². The summed E-state index contributed by atoms with van der Waals surface area (Å²) in [4.78, 5) is 4.26. The topological polar surface area (TPSA) is 71.1 Å². The molecule has 2 N–H and O–H groups in total. The molecular weight excluding hydrogens is 318 g/mol. The van der Waals surface area contributed by atoms with Crippen LogP contribution < -0.4 is 10.0 Å². The van der Waals surface area contributed by atoms with Crippen molar-refractivity contribution in [2.75, 3.05) is 11.9 Å². The number of hydrogen-bond acceptors (Lipinski definition) is 4. The van der Waals surface area contributed by atoms with Crippen LogP contribution in [0.5, 0.6) is 0 Å². The summed E-state index contributed by atoms with van der Waals surface area (Å²) < 4.78 is 27.7. The van der Waals surface area contributed by atoms with Gasteiger partial charge in [-0.15, -0.1) is 0 Å². The minimum Gasteiger partial charge on any atom is -0.369 e. The van der Waals surface area contributed by atoms with E-state index < -0.39 is 10.0 Å². The molecule has 0 bridgehead atoms. The summed E-state index contributed by atoms with van der Waals surface area (Å²) in [5, 5.41) is 2.95. The lowest BCUT2D eigenvalue weighted by Gasteiger charge is -2.15. The molecule has 0 aliphatic carbocycles. The minimum atomic E-state index is -3.55. The van der Waals surface area contributed by atoms with E-state index in [0.29, 0.717) is 16.8 Å². The van der Waals surface area contributed by atoms with Gasteiger partial charge in [0.25, 0.3) is 0 Å². The Bertz CT molecular complexity index is 505. The van der Waals surface area contributed by atoms with E-state index in [2.05, 4.69) is 31.0 Å². The van der Waals surface area contributed by atoms with Crippen molar-refractivity contribution in [2.24, 2.45) is 0 Å². The number of rotatable bonds is 6. The maximum atomic E-state index is 12.2. The normalized spacial score (nSPS) is 13.3. The van der Waals surface area contributed by atoms with Gasteiger partial charge in [0, 0.05) is 23.3 Å². The molecule has 0 aliphatic heterocycles. The number of pyridine rings is 1. The number of sulfonamides is 1. The minimum absolute atomic E-state index is 0.108. The van der Waals surface area contributed by atoms with Gasteiger partial charge in [0.2, 0.25) is 10.0 Å². The molecule has 1 rings (SSSR count). The van der Waals surface area contributed by atoms with E-state index in [1.54, 1.807) is 12.3 Å². The summed E-state index contributed by atoms with van der Waals surface area (Å²) in [7, 11) is -3.55. The Kier molecular flexibility index (Phi) is 5.55. The molecule has 0 saturated carbocycles. The molecule has 0 radical (unpaired) electrons. The van der Waals surface area contributed by atoms with E-state index in [-0.39, 0.29) is 10.9 Å². The molecular formula is C11H18BrN3O2S. The van der Waals surface area contributed by atoms with Crippen molar-refractivity contribution in [1.29, 1.82) is 0 Å². The molecule has 1 atom stereocenters. The Labute approximate surface area is 117 Å². The predicted molar refractivity (Wildman–Crippen MR) is 76.2 cm³/mol. The van der Waals surface area contributed by atoms with Crippen LogP contribution in [0.3, 0.4) is 0 Å². The zero-order valence-electron chi connectivity index (χ0n) is 10.7. The molecule has 0 spiro atoms. The monoisotopic (exact) mass is 335 g/mol. The summed E-state index contributed by atoms with van der Waals surface area (Å²) in [6.45, 7) is 6.26. The van der Waals surface area contributed by atoms with Gasteiger partial charge < -0.3 is 5.32 Å². The van der Waals surface area contributed by atoms with Crippen molar-refractivity contribution in [3.05, 3.63) is 16.7 Å². The van der Waals surface area contributed by atoms with Crippen LogP contribution >= 0.6 is 15.9 Å². The number of anilines is 1. The summed E-state index contributed by atoms with van der Waals surface area (Å²) in [5.74, 6) is 0.372. The van der Waals surface area contributed by atoms with Gasteiger partial charge in [-0.3, -0.25) is 0 Å². The van der Waals surface area contributed by atoms with Crippen LogP contribution in [0, 0.1) is 0 Å². The number of halogens is 1. The largest absolute Gasteiger partial charge is 0.369 e. The fraction of sp³-hybridized carbons (Fsp3) is 0.545. The first kappa shape index (κ1) is 15.4. The molecule has 0 saturated heterocycles. The highest BCUT2D eigenvalue weighted by Crippen LogP contribution is 2.23. The van der Waals surface area contributed by atoms with Gasteiger partial charge in [-0.1, -0.05) is 6.92 Å². The molecule has 7 heteroatoms. The van der Waals surface area contributed by atoms with Crippen LogP contribution in [0.1, 0.15) is 27.2 Å². The highest BCUT2D eigenvalue weighted by molar-refractivity contribution is 9.10. The van der Waals surface area contributed by atoms with E-state index in [4.69, 9.17) is 0 Å². The third-order valence-corrected chi connectivity index (χ3v) is 4.46. The van der Waals surface area contributed by atoms with Gasteiger partial charge in [0.15, 0.2) is 0 Å². The highest BCUT2D eigenvalue weighted by Gasteiger charge is 2.21. The Hall–Kier alpha value is -0.660. The molecule has 1 aromatic rings. The zero-order valence-corrected chi connectivity index (χ0v) is 13.1. The SMILES string of the molecule is CCNc1ncc(Br)cc1S(=O)(=O)NC(C)CC. The van der Waals surface area contributed by atoms with Gasteiger partial charge in [0.1, 0.15) is 10.7 Å². The first-order chi connectivity index (χ1) is 8.40. The molecule has 0 aromatic carbocycles. The van der Waals surface area contributed by atoms with Crippen LogP contribution in [0.15, 0.2) is 21.6 Å². The average molecular weight is 336 g/mol. The lowest BCUT2D eigenvalue weighted by atomic mass is 10.3. The Morgan fingerprint density at radius 2 is 2.11 bits per heavy atom. The van der Waals surface area contributed by atoms with E-state index >= 15 is 0 Å². The number of nitrogens with zero attached hydrogens (tertiary/aromatic N) is 1. The molecule has 1 aromatic heterocycles. The number of hydrogen-bond donors (Lipinski definition) is 2. The van der Waals surface area contributed by atoms with Crippen molar-refractivity contribution in [2.45, 2.75) is 38.1 Å². The summed E-state index contributed by atoms with van der Waals surface area (Å²) >= 11 is 3.24. The Morgan fingerprint density at radius 3 is 2.67 bits per heavy atom. The molecule has 0 fully saturated rings. The van der Waals surface area contributed by atoms with E-state index in [9.17, 15) is 8.42 Å². The molecule has 0 amide bonds. The van der Waals surface area contributed by atoms with Gasteiger partial charge in [-0.05, 0) is 42.3 Å². The molecule has 102 valence electrons. The van der Waals surface area contributed by atoms with Crippen molar-refractivity contribution >= 4 is 31.8 Å². The summed E-state index contributed by atoms with van der Waals surface area (Å²) in [6.07, 6.45) is 2.30. The third-order valence-electron chi connectivity index (χ3n) is 2.42. The zero-order chi connectivity index (χ0) is 13.8. The van der Waals surface area contributed by atoms with Gasteiger partial charge in [-0.2, -0.15) is 0 Å². The van der Waals surface area contributed by atoms with Crippen molar-refractivity contribution in [1.82, 2.24) is 9.71 Å². The van der Waals surface area contributed by atoms with E-state index in [0.717, 1.165) is 6.42 Å². The van der Waals surface area contributed by atoms with Crippen LogP contribution in [-0.2, 0) is 10.0 Å². The quantitative estimate of drug-likeness (QED) is 0.837. The fourth-order valence-corrected chi connectivity index (χ4v) is 3.31. The molecule has 5 nitrogen and oxygen atoms in total. The van der Waals surface area contributed by atoms with Crippen molar-refractivity contribution in [3.63, 3.8) is 0 Å². The first-order valence-electron chi connectivity index (χ1n) is 5.82. The van der Waals surface area contributed by atoms with Crippen LogP contribution in [0.2, 0.25) is 0 Å². The standard InChI is InChI=1S/C11H18BrN3O2S/c1-4-8(3)15-18(16,17)10-6-9(12)7-14-11(10)13-5-2/h6-8,15H,4-5H2,1-3H3,(H,13,14). The second-order valence-electron chi connectivity index (χ2n) is 3.96. The van der Waals surface area contributed by atoms with Crippen molar-refractivity contribution < 1.29 is 8.42 Å². The first-order valence-corrected chi connectivity index (χ1v) is 8.10. The number of aromatic nitrogens is 1. The second-order valence-corrected chi connectivity index (χ2v) is 6.56. The summed E-state index contributed by atoms with van der Waals surface area (Å²) in [6, 6.07) is 1.44. The van der Waals surface area contributed by atoms with E-state index in [1.807, 2.05) is 20.8 Å². The Morgan fingerprint density at radius 1 is 1.44 bits per heavy atom. The molecule has 18 heavy (non-hydrogen) atoms. The summed E-state index contributed by atoms with van der Waals surface area (Å²) in [5.41, 5.74) is 0. The lowest BCUT2D eigenvalue weighted by Crippen LogP contribution is -2.32. The Balaban J connectivity index is 3.17. The van der Waals surface area contributed by atoms with Gasteiger partial charge in [-0.25, -0.2) is 18.1 Å². The van der Waals surface area contributed by atoms with E-state index in [1.165, 1.54) is 0 Å². The molecule has 0 aliphatic rings. The van der Waals surface area contributed by atoms with Crippen molar-refractivity contribution in [3.8, 4) is 0 Å². The van der Waals surface area contributed by atoms with Crippen LogP contribution in [0.25, 0.3) is 0 Å². The van der Waals surface area contributed by atoms with Gasteiger partial charge >= 0.3 is 0 Å². The molecule has 1 heterocycles. The lowest BCUT2D eigenvalue weighted by molar-refractivity contribution is 0.556. The maximum absolute atomic E-state index is 12.2. The second kappa shape index (κ2) is 6.49. The van der Waals surface area contributed by atoms with Gasteiger partial charge in [0.05, 0.1) is 0 Å². The smallest absolute Gasteiger partial charge is 0.244 e. The molecule has 1 unspecified atom stereocenters. The third kappa shape index (κ3) is 3.93. The average Bonchev–Trinajstić information content (AvgIpc) is 2.31. The number of nitrogens with one attached hydrogen (secondary N) is 2. The maximum Gasteiger partial charge on any atom is 0.244 e. The predicted octanol–water partition coefficient (Wildman–Crippen LogP) is 2.35. The highest BCUT2D eigenvalue weighted by atomic mass is 79.9.